The van der Waals surface area contributed by atoms with Gasteiger partial charge in [-0.1, -0.05) is 11.6 Å². The first-order valence-electron chi connectivity index (χ1n) is 5.62. The zero-order chi connectivity index (χ0) is 12.3. The normalized spacial score (nSPS) is 23.9. The number of allylic oxidation sites excluding steroid dienone is 1. The highest BCUT2D eigenvalue weighted by atomic mass is 16.6. The van der Waals surface area contributed by atoms with Crippen LogP contribution in [0.2, 0.25) is 0 Å². The molecular formula is C12H21NO3. The van der Waals surface area contributed by atoms with Crippen LogP contribution in [0.5, 0.6) is 0 Å². The fourth-order valence-corrected chi connectivity index (χ4v) is 1.73. The maximum absolute atomic E-state index is 11.9. The van der Waals surface area contributed by atoms with Gasteiger partial charge in [0.25, 0.3) is 0 Å². The number of carbonyl (C=O) groups excluding carboxylic acids is 1. The molecule has 0 unspecified atom stereocenters. The molecule has 0 aliphatic carbocycles. The van der Waals surface area contributed by atoms with Crippen LogP contribution in [0.25, 0.3) is 0 Å². The van der Waals surface area contributed by atoms with Crippen molar-refractivity contribution in [1.82, 2.24) is 4.90 Å². The number of likely N-dealkylation sites (tertiary alicyclic amines) is 1. The van der Waals surface area contributed by atoms with E-state index in [0.29, 0.717) is 6.54 Å². The lowest BCUT2D eigenvalue weighted by Crippen LogP contribution is -2.41. The largest absolute Gasteiger partial charge is 0.444 e. The third kappa shape index (κ3) is 3.23. The van der Waals surface area contributed by atoms with E-state index < -0.39 is 5.60 Å². The van der Waals surface area contributed by atoms with E-state index in [1.54, 1.807) is 4.90 Å². The number of hydrogen-bond acceptors (Lipinski definition) is 3. The summed E-state index contributed by atoms with van der Waals surface area (Å²) < 4.78 is 5.30. The number of aliphatic hydroxyl groups excluding tert-OH is 1. The zero-order valence-electron chi connectivity index (χ0n) is 10.5. The Hall–Kier alpha value is -1.03. The minimum absolute atomic E-state index is 0.0173. The fourth-order valence-electron chi connectivity index (χ4n) is 1.73. The van der Waals surface area contributed by atoms with Crippen LogP contribution in [0.4, 0.5) is 4.79 Å². The van der Waals surface area contributed by atoms with Gasteiger partial charge in [-0.3, -0.25) is 4.90 Å². The summed E-state index contributed by atoms with van der Waals surface area (Å²) in [5.74, 6) is 0. The molecule has 0 aromatic heterocycles. The van der Waals surface area contributed by atoms with E-state index in [4.69, 9.17) is 4.74 Å². The number of ether oxygens (including phenoxy) is 1. The van der Waals surface area contributed by atoms with Crippen LogP contribution >= 0.6 is 0 Å². The molecule has 92 valence electrons. The topological polar surface area (TPSA) is 49.8 Å². The Balaban J connectivity index is 2.68. The van der Waals surface area contributed by atoms with E-state index in [2.05, 4.69) is 0 Å². The molecule has 1 amide bonds. The van der Waals surface area contributed by atoms with Crippen molar-refractivity contribution in [1.29, 1.82) is 0 Å². The first kappa shape index (κ1) is 13.0. The Morgan fingerprint density at radius 2 is 2.25 bits per heavy atom. The lowest BCUT2D eigenvalue weighted by Gasteiger charge is -2.27. The smallest absolute Gasteiger partial charge is 0.410 e. The Bertz CT molecular complexity index is 291. The molecule has 1 rings (SSSR count). The molecule has 0 spiro atoms. The highest BCUT2D eigenvalue weighted by molar-refractivity contribution is 5.69. The van der Waals surface area contributed by atoms with E-state index in [9.17, 15) is 9.90 Å². The van der Waals surface area contributed by atoms with Gasteiger partial charge in [0.2, 0.25) is 0 Å². The molecule has 1 fully saturated rings. The molecule has 1 aliphatic rings. The van der Waals surface area contributed by atoms with Crippen molar-refractivity contribution in [2.24, 2.45) is 0 Å². The van der Waals surface area contributed by atoms with Crippen molar-refractivity contribution in [2.45, 2.75) is 45.8 Å². The van der Waals surface area contributed by atoms with Crippen molar-refractivity contribution >= 4 is 6.09 Å². The van der Waals surface area contributed by atoms with Crippen LogP contribution in [0, 0.1) is 0 Å². The summed E-state index contributed by atoms with van der Waals surface area (Å²) in [5.41, 5.74) is 0.681. The maximum atomic E-state index is 11.9. The number of aliphatic hydroxyl groups is 1. The monoisotopic (exact) mass is 227 g/mol. The summed E-state index contributed by atoms with van der Waals surface area (Å²) in [5, 5.41) is 9.22. The van der Waals surface area contributed by atoms with Crippen LogP contribution in [-0.4, -0.2) is 40.9 Å². The van der Waals surface area contributed by atoms with Crippen molar-refractivity contribution in [3.8, 4) is 0 Å². The lowest BCUT2D eigenvalue weighted by molar-refractivity contribution is 0.0178. The Labute approximate surface area is 96.9 Å². The second-order valence-corrected chi connectivity index (χ2v) is 5.10. The zero-order valence-corrected chi connectivity index (χ0v) is 10.5. The van der Waals surface area contributed by atoms with E-state index in [-0.39, 0.29) is 18.7 Å². The van der Waals surface area contributed by atoms with Gasteiger partial charge in [0.05, 0.1) is 12.6 Å². The van der Waals surface area contributed by atoms with Crippen molar-refractivity contribution in [2.75, 3.05) is 13.2 Å². The van der Waals surface area contributed by atoms with Crippen molar-refractivity contribution in [3.63, 3.8) is 0 Å². The molecule has 4 nitrogen and oxygen atoms in total. The summed E-state index contributed by atoms with van der Waals surface area (Å²) in [6, 6.07) is -0.138. The van der Waals surface area contributed by atoms with E-state index in [0.717, 1.165) is 6.42 Å². The SMILES string of the molecule is C/C=C1\C[C@@H](CO)N(C(=O)OC(C)(C)C)C1. The van der Waals surface area contributed by atoms with Gasteiger partial charge >= 0.3 is 6.09 Å². The van der Waals surface area contributed by atoms with E-state index in [1.807, 2.05) is 33.8 Å². The van der Waals surface area contributed by atoms with Gasteiger partial charge in [-0.05, 0) is 34.1 Å². The highest BCUT2D eigenvalue weighted by Gasteiger charge is 2.33. The number of nitrogens with zero attached hydrogens (tertiary/aromatic N) is 1. The molecule has 1 heterocycles. The Kier molecular flexibility index (Phi) is 3.97. The summed E-state index contributed by atoms with van der Waals surface area (Å²) in [4.78, 5) is 13.5. The van der Waals surface area contributed by atoms with Crippen molar-refractivity contribution < 1.29 is 14.6 Å². The van der Waals surface area contributed by atoms with Gasteiger partial charge in [0, 0.05) is 6.54 Å². The summed E-state index contributed by atoms with van der Waals surface area (Å²) in [6.45, 7) is 8.01. The molecule has 4 heteroatoms. The van der Waals surface area contributed by atoms with Gasteiger partial charge < -0.3 is 9.84 Å². The molecule has 0 aromatic rings. The van der Waals surface area contributed by atoms with Crippen molar-refractivity contribution in [3.05, 3.63) is 11.6 Å². The van der Waals surface area contributed by atoms with Crippen LogP contribution in [0.3, 0.4) is 0 Å². The number of amides is 1. The Morgan fingerprint density at radius 1 is 1.62 bits per heavy atom. The standard InChI is InChI=1S/C12H21NO3/c1-5-9-6-10(8-14)13(7-9)11(15)16-12(2,3)4/h5,10,14H,6-8H2,1-4H3/b9-5+/t10-/m0/s1. The molecule has 0 aromatic carbocycles. The number of carbonyl (C=O) groups is 1. The second kappa shape index (κ2) is 4.87. The van der Waals surface area contributed by atoms with Crippen LogP contribution < -0.4 is 0 Å². The van der Waals surface area contributed by atoms with Gasteiger partial charge in [0.15, 0.2) is 0 Å². The molecule has 1 atom stereocenters. The van der Waals surface area contributed by atoms with Gasteiger partial charge in [0.1, 0.15) is 5.60 Å². The minimum Gasteiger partial charge on any atom is -0.444 e. The predicted octanol–water partition coefficient (Wildman–Crippen LogP) is 1.93. The van der Waals surface area contributed by atoms with E-state index >= 15 is 0 Å². The average molecular weight is 227 g/mol. The summed E-state index contributed by atoms with van der Waals surface area (Å²) in [6.07, 6.45) is 2.39. The molecule has 16 heavy (non-hydrogen) atoms. The predicted molar refractivity (Wildman–Crippen MR) is 62.2 cm³/mol. The highest BCUT2D eigenvalue weighted by Crippen LogP contribution is 2.24. The first-order chi connectivity index (χ1) is 7.37. The summed E-state index contributed by atoms with van der Waals surface area (Å²) >= 11 is 0. The van der Waals surface area contributed by atoms with Gasteiger partial charge in [-0.2, -0.15) is 0 Å². The second-order valence-electron chi connectivity index (χ2n) is 5.10. The molecule has 0 bridgehead atoms. The minimum atomic E-state index is -0.490. The molecule has 1 N–H and O–H groups in total. The number of hydrogen-bond donors (Lipinski definition) is 1. The molecule has 1 aliphatic heterocycles. The molecule has 1 saturated heterocycles. The third-order valence-corrected chi connectivity index (χ3v) is 2.56. The quantitative estimate of drug-likeness (QED) is 0.696. The lowest BCUT2D eigenvalue weighted by atomic mass is 10.1. The van der Waals surface area contributed by atoms with Crippen LogP contribution in [0.15, 0.2) is 11.6 Å². The number of rotatable bonds is 1. The molecule has 0 saturated carbocycles. The third-order valence-electron chi connectivity index (χ3n) is 2.56. The average Bonchev–Trinajstić information content (AvgIpc) is 2.58. The van der Waals surface area contributed by atoms with Gasteiger partial charge in [-0.15, -0.1) is 0 Å². The first-order valence-corrected chi connectivity index (χ1v) is 5.62. The van der Waals surface area contributed by atoms with E-state index in [1.165, 1.54) is 5.57 Å². The maximum Gasteiger partial charge on any atom is 0.410 e. The Morgan fingerprint density at radius 3 is 2.69 bits per heavy atom. The van der Waals surface area contributed by atoms with Crippen LogP contribution in [0.1, 0.15) is 34.1 Å². The molecular weight excluding hydrogens is 206 g/mol. The molecule has 0 radical (unpaired) electrons. The van der Waals surface area contributed by atoms with Gasteiger partial charge in [-0.25, -0.2) is 4.79 Å². The van der Waals surface area contributed by atoms with Crippen LogP contribution in [-0.2, 0) is 4.74 Å². The summed E-state index contributed by atoms with van der Waals surface area (Å²) in [7, 11) is 0. The fraction of sp³-hybridized carbons (Fsp3) is 0.750.